The first kappa shape index (κ1) is 15.4. The molecule has 0 saturated heterocycles. The third-order valence-electron chi connectivity index (χ3n) is 3.22. The van der Waals surface area contributed by atoms with Gasteiger partial charge in [-0.15, -0.1) is 0 Å². The van der Waals surface area contributed by atoms with Gasteiger partial charge in [-0.05, 0) is 18.6 Å². The van der Waals surface area contributed by atoms with Gasteiger partial charge in [0.1, 0.15) is 5.56 Å². The van der Waals surface area contributed by atoms with Gasteiger partial charge in [0.25, 0.3) is 11.6 Å². The molecule has 22 heavy (non-hydrogen) atoms. The van der Waals surface area contributed by atoms with Crippen molar-refractivity contribution in [2.24, 2.45) is 0 Å². The normalized spacial score (nSPS) is 10.0. The lowest BCUT2D eigenvalue weighted by atomic mass is 10.1. The Labute approximate surface area is 126 Å². The Bertz CT molecular complexity index is 723. The van der Waals surface area contributed by atoms with E-state index in [0.717, 1.165) is 11.1 Å². The van der Waals surface area contributed by atoms with E-state index in [4.69, 9.17) is 0 Å². The topological polar surface area (TPSA) is 89.3 Å². The van der Waals surface area contributed by atoms with Crippen molar-refractivity contribution in [3.8, 4) is 0 Å². The van der Waals surface area contributed by atoms with Crippen LogP contribution < -0.4 is 5.32 Å². The molecule has 2 aromatic rings. The van der Waals surface area contributed by atoms with Crippen molar-refractivity contribution in [2.45, 2.75) is 13.5 Å². The van der Waals surface area contributed by atoms with Crippen molar-refractivity contribution in [2.75, 3.05) is 0 Å². The van der Waals surface area contributed by atoms with E-state index in [1.807, 2.05) is 31.2 Å². The van der Waals surface area contributed by atoms with Crippen molar-refractivity contribution < 1.29 is 14.5 Å². The Kier molecular flexibility index (Phi) is 4.63. The summed E-state index contributed by atoms with van der Waals surface area (Å²) in [6, 6.07) is 11.6. The van der Waals surface area contributed by atoms with Crippen LogP contribution in [0.15, 0.2) is 42.5 Å². The standard InChI is InChI=1S/C16H14N2O4/c1-11-5-7-12(8-6-11)9-17-16(20)13-3-2-4-15(18(21)22)14(13)10-19/h2-8,10H,9H2,1H3,(H,17,20). The molecule has 0 aliphatic rings. The molecule has 0 atom stereocenters. The molecule has 6 heteroatoms. The number of nitro groups is 1. The number of amides is 1. The van der Waals surface area contributed by atoms with E-state index < -0.39 is 10.8 Å². The van der Waals surface area contributed by atoms with E-state index in [0.29, 0.717) is 6.29 Å². The number of rotatable bonds is 5. The first-order valence-corrected chi connectivity index (χ1v) is 6.59. The fourth-order valence-corrected chi connectivity index (χ4v) is 2.02. The zero-order chi connectivity index (χ0) is 16.1. The molecule has 2 aromatic carbocycles. The molecule has 1 amide bonds. The molecule has 0 aliphatic heterocycles. The largest absolute Gasteiger partial charge is 0.348 e. The van der Waals surface area contributed by atoms with Crippen LogP contribution in [0.2, 0.25) is 0 Å². The number of carbonyl (C=O) groups excluding carboxylic acids is 2. The molecule has 0 spiro atoms. The van der Waals surface area contributed by atoms with E-state index in [1.54, 1.807) is 0 Å². The Morgan fingerprint density at radius 2 is 1.91 bits per heavy atom. The van der Waals surface area contributed by atoms with Crippen molar-refractivity contribution in [3.63, 3.8) is 0 Å². The smallest absolute Gasteiger partial charge is 0.280 e. The van der Waals surface area contributed by atoms with Gasteiger partial charge in [0.15, 0.2) is 6.29 Å². The summed E-state index contributed by atoms with van der Waals surface area (Å²) in [5.74, 6) is -0.522. The van der Waals surface area contributed by atoms with E-state index >= 15 is 0 Å². The number of hydrogen-bond donors (Lipinski definition) is 1. The van der Waals surface area contributed by atoms with Crippen LogP contribution in [0.5, 0.6) is 0 Å². The minimum Gasteiger partial charge on any atom is -0.348 e. The second-order valence-corrected chi connectivity index (χ2v) is 4.78. The lowest BCUT2D eigenvalue weighted by Crippen LogP contribution is -2.24. The molecule has 0 heterocycles. The van der Waals surface area contributed by atoms with Crippen LogP contribution >= 0.6 is 0 Å². The average Bonchev–Trinajstić information content (AvgIpc) is 2.53. The fraction of sp³-hybridized carbons (Fsp3) is 0.125. The predicted octanol–water partition coefficient (Wildman–Crippen LogP) is 2.65. The molecule has 0 saturated carbocycles. The molecule has 0 aliphatic carbocycles. The lowest BCUT2D eigenvalue weighted by Gasteiger charge is -2.08. The maximum absolute atomic E-state index is 12.1. The van der Waals surface area contributed by atoms with Gasteiger partial charge in [-0.3, -0.25) is 19.7 Å². The zero-order valence-corrected chi connectivity index (χ0v) is 11.9. The highest BCUT2D eigenvalue weighted by molar-refractivity contribution is 6.03. The summed E-state index contributed by atoms with van der Waals surface area (Å²) in [5.41, 5.74) is 1.41. The van der Waals surface area contributed by atoms with Gasteiger partial charge in [0.05, 0.1) is 10.5 Å². The molecular weight excluding hydrogens is 284 g/mol. The third kappa shape index (κ3) is 3.35. The zero-order valence-electron chi connectivity index (χ0n) is 11.9. The lowest BCUT2D eigenvalue weighted by molar-refractivity contribution is -0.385. The number of nitrogens with zero attached hydrogens (tertiary/aromatic N) is 1. The van der Waals surface area contributed by atoms with Gasteiger partial charge >= 0.3 is 0 Å². The SMILES string of the molecule is Cc1ccc(CNC(=O)c2cccc([N+](=O)[O-])c2C=O)cc1. The second-order valence-electron chi connectivity index (χ2n) is 4.78. The maximum atomic E-state index is 12.1. The summed E-state index contributed by atoms with van der Waals surface area (Å²) in [7, 11) is 0. The Morgan fingerprint density at radius 1 is 1.23 bits per heavy atom. The van der Waals surface area contributed by atoms with Crippen LogP contribution in [-0.2, 0) is 6.54 Å². The highest BCUT2D eigenvalue weighted by Gasteiger charge is 2.20. The van der Waals surface area contributed by atoms with Crippen LogP contribution in [-0.4, -0.2) is 17.1 Å². The number of nitro benzene ring substituents is 1. The Morgan fingerprint density at radius 3 is 2.50 bits per heavy atom. The van der Waals surface area contributed by atoms with Gasteiger partial charge in [-0.25, -0.2) is 0 Å². The molecule has 0 radical (unpaired) electrons. The Hall–Kier alpha value is -3.02. The third-order valence-corrected chi connectivity index (χ3v) is 3.22. The summed E-state index contributed by atoms with van der Waals surface area (Å²) >= 11 is 0. The summed E-state index contributed by atoms with van der Waals surface area (Å²) < 4.78 is 0. The maximum Gasteiger partial charge on any atom is 0.280 e. The molecule has 0 aromatic heterocycles. The summed E-state index contributed by atoms with van der Waals surface area (Å²) in [6.07, 6.45) is 0.332. The van der Waals surface area contributed by atoms with E-state index in [-0.39, 0.29) is 23.4 Å². The number of benzene rings is 2. The van der Waals surface area contributed by atoms with Crippen LogP contribution in [0.3, 0.4) is 0 Å². The van der Waals surface area contributed by atoms with E-state index in [9.17, 15) is 19.7 Å². The molecule has 2 rings (SSSR count). The van der Waals surface area contributed by atoms with E-state index in [2.05, 4.69) is 5.32 Å². The second kappa shape index (κ2) is 6.62. The summed E-state index contributed by atoms with van der Waals surface area (Å²) in [5, 5.41) is 13.5. The monoisotopic (exact) mass is 298 g/mol. The number of nitrogens with one attached hydrogen (secondary N) is 1. The van der Waals surface area contributed by atoms with Crippen molar-refractivity contribution in [1.29, 1.82) is 0 Å². The van der Waals surface area contributed by atoms with Crippen LogP contribution in [0, 0.1) is 17.0 Å². The van der Waals surface area contributed by atoms with Gasteiger partial charge in [-0.2, -0.15) is 0 Å². The van der Waals surface area contributed by atoms with Gasteiger partial charge in [-0.1, -0.05) is 35.9 Å². The highest BCUT2D eigenvalue weighted by Crippen LogP contribution is 2.20. The Balaban J connectivity index is 2.19. The molecule has 0 unspecified atom stereocenters. The minimum atomic E-state index is -0.680. The van der Waals surface area contributed by atoms with Crippen molar-refractivity contribution in [3.05, 3.63) is 74.8 Å². The van der Waals surface area contributed by atoms with Crippen LogP contribution in [0.25, 0.3) is 0 Å². The number of aryl methyl sites for hydroxylation is 1. The predicted molar refractivity (Wildman–Crippen MR) is 80.8 cm³/mol. The first-order valence-electron chi connectivity index (χ1n) is 6.59. The van der Waals surface area contributed by atoms with Crippen LogP contribution in [0.4, 0.5) is 5.69 Å². The van der Waals surface area contributed by atoms with Gasteiger partial charge < -0.3 is 5.32 Å². The number of aldehydes is 1. The molecule has 0 bridgehead atoms. The molecule has 1 N–H and O–H groups in total. The molecule has 0 fully saturated rings. The molecular formula is C16H14N2O4. The van der Waals surface area contributed by atoms with Crippen molar-refractivity contribution >= 4 is 17.9 Å². The fourth-order valence-electron chi connectivity index (χ4n) is 2.02. The molecule has 6 nitrogen and oxygen atoms in total. The van der Waals surface area contributed by atoms with E-state index in [1.165, 1.54) is 18.2 Å². The quantitative estimate of drug-likeness (QED) is 0.522. The number of hydrogen-bond acceptors (Lipinski definition) is 4. The summed E-state index contributed by atoms with van der Waals surface area (Å²) in [6.45, 7) is 2.24. The average molecular weight is 298 g/mol. The van der Waals surface area contributed by atoms with Crippen LogP contribution in [0.1, 0.15) is 31.8 Å². The minimum absolute atomic E-state index is 0.00342. The summed E-state index contributed by atoms with van der Waals surface area (Å²) in [4.78, 5) is 33.4. The van der Waals surface area contributed by atoms with Gasteiger partial charge in [0, 0.05) is 12.6 Å². The van der Waals surface area contributed by atoms with Crippen molar-refractivity contribution in [1.82, 2.24) is 5.32 Å². The number of carbonyl (C=O) groups is 2. The first-order chi connectivity index (χ1) is 10.5. The highest BCUT2D eigenvalue weighted by atomic mass is 16.6. The van der Waals surface area contributed by atoms with Gasteiger partial charge in [0.2, 0.25) is 0 Å². The molecule has 112 valence electrons.